The van der Waals surface area contributed by atoms with E-state index in [-0.39, 0.29) is 0 Å². The summed E-state index contributed by atoms with van der Waals surface area (Å²) in [4.78, 5) is 12.7. The maximum absolute atomic E-state index is 10.3. The maximum atomic E-state index is 10.3. The van der Waals surface area contributed by atoms with Crippen LogP contribution in [0.2, 0.25) is 0 Å². The summed E-state index contributed by atoms with van der Waals surface area (Å²) in [6.07, 6.45) is 5.98. The minimum Gasteiger partial charge on any atom is -0.372 e. The van der Waals surface area contributed by atoms with Crippen LogP contribution in [0.3, 0.4) is 0 Å². The molecule has 1 aliphatic heterocycles. The molecule has 0 aliphatic carbocycles. The van der Waals surface area contributed by atoms with Crippen LogP contribution in [0.15, 0.2) is 24.3 Å². The molecule has 1 fully saturated rings. The van der Waals surface area contributed by atoms with Crippen molar-refractivity contribution in [3.8, 4) is 0 Å². The smallest absolute Gasteiger partial charge is 0.211 e. The fraction of sp³-hybridized carbons (Fsp3) is 0.462. The van der Waals surface area contributed by atoms with E-state index in [2.05, 4.69) is 22.3 Å². The van der Waals surface area contributed by atoms with Gasteiger partial charge in [-0.15, -0.1) is 0 Å². The summed E-state index contributed by atoms with van der Waals surface area (Å²) in [6.45, 7) is 2.31. The van der Waals surface area contributed by atoms with Crippen LogP contribution in [0, 0.1) is 0 Å². The Bertz CT molecular complexity index is 326. The first-order chi connectivity index (χ1) is 7.90. The van der Waals surface area contributed by atoms with E-state index in [1.807, 2.05) is 12.1 Å². The van der Waals surface area contributed by atoms with Crippen molar-refractivity contribution in [2.45, 2.75) is 25.7 Å². The lowest BCUT2D eigenvalue weighted by Crippen LogP contribution is -2.23. The number of nitrogens with one attached hydrogen (secondary N) is 1. The van der Waals surface area contributed by atoms with Gasteiger partial charge in [-0.2, -0.15) is 0 Å². The quantitative estimate of drug-likeness (QED) is 0.791. The second-order valence-corrected chi connectivity index (χ2v) is 4.21. The summed E-state index contributed by atoms with van der Waals surface area (Å²) in [5, 5.41) is 2.65. The molecule has 0 unspecified atom stereocenters. The fourth-order valence-corrected chi connectivity index (χ4v) is 2.17. The normalized spacial score (nSPS) is 16.6. The molecule has 0 atom stereocenters. The number of benzene rings is 1. The second-order valence-electron chi connectivity index (χ2n) is 4.21. The monoisotopic (exact) mass is 218 g/mol. The van der Waals surface area contributed by atoms with E-state index in [1.54, 1.807) is 0 Å². The van der Waals surface area contributed by atoms with Crippen molar-refractivity contribution < 1.29 is 4.79 Å². The van der Waals surface area contributed by atoms with Gasteiger partial charge in [0.2, 0.25) is 6.41 Å². The van der Waals surface area contributed by atoms with Gasteiger partial charge in [-0.3, -0.25) is 4.79 Å². The Balaban J connectivity index is 2.04. The Morgan fingerprint density at radius 1 is 1.00 bits per heavy atom. The highest BCUT2D eigenvalue weighted by Crippen LogP contribution is 2.21. The van der Waals surface area contributed by atoms with E-state index >= 15 is 0 Å². The summed E-state index contributed by atoms with van der Waals surface area (Å²) < 4.78 is 0. The zero-order valence-corrected chi connectivity index (χ0v) is 9.48. The Labute approximate surface area is 96.5 Å². The highest BCUT2D eigenvalue weighted by Gasteiger charge is 2.09. The number of nitrogens with zero attached hydrogens (tertiary/aromatic N) is 1. The largest absolute Gasteiger partial charge is 0.372 e. The van der Waals surface area contributed by atoms with Crippen molar-refractivity contribution in [1.29, 1.82) is 0 Å². The molecule has 0 radical (unpaired) electrons. The summed E-state index contributed by atoms with van der Waals surface area (Å²) >= 11 is 0. The van der Waals surface area contributed by atoms with E-state index in [0.717, 1.165) is 18.8 Å². The average molecular weight is 218 g/mol. The molecule has 0 aromatic heterocycles. The SMILES string of the molecule is O=CNc1ccc(N2CCCCCC2)cc1. The van der Waals surface area contributed by atoms with Crippen LogP contribution in [0.25, 0.3) is 0 Å². The van der Waals surface area contributed by atoms with Crippen molar-refractivity contribution in [3.63, 3.8) is 0 Å². The minimum atomic E-state index is 0.709. The first-order valence-corrected chi connectivity index (χ1v) is 5.95. The zero-order valence-electron chi connectivity index (χ0n) is 9.48. The number of hydrogen-bond acceptors (Lipinski definition) is 2. The van der Waals surface area contributed by atoms with Crippen LogP contribution in [-0.2, 0) is 4.79 Å². The number of carbonyl (C=O) groups excluding carboxylic acids is 1. The predicted octanol–water partition coefficient (Wildman–Crippen LogP) is 2.64. The van der Waals surface area contributed by atoms with Crippen LogP contribution >= 0.6 is 0 Å². The van der Waals surface area contributed by atoms with E-state index < -0.39 is 0 Å². The molecule has 86 valence electrons. The van der Waals surface area contributed by atoms with E-state index in [9.17, 15) is 4.79 Å². The molecular weight excluding hydrogens is 200 g/mol. The standard InChI is InChI=1S/C13H18N2O/c16-11-14-12-5-7-13(8-6-12)15-9-3-1-2-4-10-15/h5-8,11H,1-4,9-10H2,(H,14,16). The van der Waals surface area contributed by atoms with Gasteiger partial charge < -0.3 is 10.2 Å². The average Bonchev–Trinajstić information content (AvgIpc) is 2.59. The molecule has 1 saturated heterocycles. The number of hydrogen-bond donors (Lipinski definition) is 1. The van der Waals surface area contributed by atoms with Crippen LogP contribution < -0.4 is 10.2 Å². The Morgan fingerprint density at radius 3 is 2.19 bits per heavy atom. The zero-order chi connectivity index (χ0) is 11.2. The number of amides is 1. The molecule has 1 aliphatic rings. The van der Waals surface area contributed by atoms with Gasteiger partial charge in [0.1, 0.15) is 0 Å². The van der Waals surface area contributed by atoms with Gasteiger partial charge in [-0.25, -0.2) is 0 Å². The summed E-state index contributed by atoms with van der Waals surface area (Å²) in [6, 6.07) is 8.07. The molecule has 2 rings (SSSR count). The first-order valence-electron chi connectivity index (χ1n) is 5.95. The molecule has 1 aromatic rings. The van der Waals surface area contributed by atoms with Gasteiger partial charge in [-0.05, 0) is 37.1 Å². The van der Waals surface area contributed by atoms with Gasteiger partial charge in [0.05, 0.1) is 0 Å². The highest BCUT2D eigenvalue weighted by molar-refractivity contribution is 5.72. The Morgan fingerprint density at radius 2 is 1.62 bits per heavy atom. The summed E-state index contributed by atoms with van der Waals surface area (Å²) in [7, 11) is 0. The third kappa shape index (κ3) is 2.75. The molecule has 1 heterocycles. The van der Waals surface area contributed by atoms with Gasteiger partial charge in [0.25, 0.3) is 0 Å². The van der Waals surface area contributed by atoms with Crippen LogP contribution in [-0.4, -0.2) is 19.5 Å². The van der Waals surface area contributed by atoms with Gasteiger partial charge in [0, 0.05) is 24.5 Å². The van der Waals surface area contributed by atoms with Crippen molar-refractivity contribution in [2.75, 3.05) is 23.3 Å². The number of anilines is 2. The van der Waals surface area contributed by atoms with E-state index in [1.165, 1.54) is 31.4 Å². The van der Waals surface area contributed by atoms with Gasteiger partial charge in [0.15, 0.2) is 0 Å². The fourth-order valence-electron chi connectivity index (χ4n) is 2.17. The van der Waals surface area contributed by atoms with Crippen LogP contribution in [0.4, 0.5) is 11.4 Å². The molecule has 3 nitrogen and oxygen atoms in total. The predicted molar refractivity (Wildman–Crippen MR) is 66.8 cm³/mol. The first kappa shape index (κ1) is 11.0. The minimum absolute atomic E-state index is 0.709. The lowest BCUT2D eigenvalue weighted by Gasteiger charge is -2.22. The summed E-state index contributed by atoms with van der Waals surface area (Å²) in [5.74, 6) is 0. The van der Waals surface area contributed by atoms with Crippen LogP contribution in [0.5, 0.6) is 0 Å². The molecular formula is C13H18N2O. The van der Waals surface area contributed by atoms with Crippen molar-refractivity contribution in [1.82, 2.24) is 0 Å². The molecule has 16 heavy (non-hydrogen) atoms. The Hall–Kier alpha value is -1.51. The van der Waals surface area contributed by atoms with Crippen molar-refractivity contribution in [3.05, 3.63) is 24.3 Å². The molecule has 0 spiro atoms. The molecule has 0 bridgehead atoms. The topological polar surface area (TPSA) is 32.3 Å². The van der Waals surface area contributed by atoms with Crippen molar-refractivity contribution >= 4 is 17.8 Å². The molecule has 0 saturated carbocycles. The third-order valence-corrected chi connectivity index (χ3v) is 3.06. The van der Waals surface area contributed by atoms with Crippen molar-refractivity contribution in [2.24, 2.45) is 0 Å². The number of carbonyl (C=O) groups is 1. The Kier molecular flexibility index (Phi) is 3.81. The second kappa shape index (κ2) is 5.54. The lowest BCUT2D eigenvalue weighted by atomic mass is 10.2. The maximum Gasteiger partial charge on any atom is 0.211 e. The van der Waals surface area contributed by atoms with Gasteiger partial charge >= 0.3 is 0 Å². The highest BCUT2D eigenvalue weighted by atomic mass is 16.1. The molecule has 3 heteroatoms. The summed E-state index contributed by atoms with van der Waals surface area (Å²) in [5.41, 5.74) is 2.12. The van der Waals surface area contributed by atoms with E-state index in [0.29, 0.717) is 6.41 Å². The van der Waals surface area contributed by atoms with Crippen LogP contribution in [0.1, 0.15) is 25.7 Å². The van der Waals surface area contributed by atoms with E-state index in [4.69, 9.17) is 0 Å². The molecule has 1 amide bonds. The number of rotatable bonds is 3. The molecule has 1 aromatic carbocycles. The lowest BCUT2D eigenvalue weighted by molar-refractivity contribution is -0.105. The third-order valence-electron chi connectivity index (χ3n) is 3.06. The molecule has 1 N–H and O–H groups in total. The van der Waals surface area contributed by atoms with Gasteiger partial charge in [-0.1, -0.05) is 12.8 Å².